The van der Waals surface area contributed by atoms with Gasteiger partial charge in [0.25, 0.3) is 0 Å². The molecule has 3 nitrogen and oxygen atoms in total. The lowest BCUT2D eigenvalue weighted by Crippen LogP contribution is -2.14. The number of rotatable bonds is 4. The lowest BCUT2D eigenvalue weighted by Gasteiger charge is -2.06. The number of nitrogens with zero attached hydrogens (tertiary/aromatic N) is 1. The van der Waals surface area contributed by atoms with E-state index in [-0.39, 0.29) is 12.3 Å². The highest BCUT2D eigenvalue weighted by atomic mass is 79.9. The highest BCUT2D eigenvalue weighted by Gasteiger charge is 2.11. The second-order valence-corrected chi connectivity index (χ2v) is 7.47. The molecule has 3 rings (SSSR count). The molecule has 1 N–H and O–H groups in total. The minimum absolute atomic E-state index is 0.133. The van der Waals surface area contributed by atoms with Crippen molar-refractivity contribution in [2.45, 2.75) is 6.42 Å². The van der Waals surface area contributed by atoms with Crippen LogP contribution in [0.1, 0.15) is 5.69 Å². The van der Waals surface area contributed by atoms with E-state index in [4.69, 9.17) is 11.6 Å². The smallest absolute Gasteiger partial charge is 0.230 e. The Kier molecular flexibility index (Phi) is 4.93. The normalized spacial score (nSPS) is 10.6. The summed E-state index contributed by atoms with van der Waals surface area (Å²) in [7, 11) is 0. The van der Waals surface area contributed by atoms with Gasteiger partial charge in [-0.1, -0.05) is 27.5 Å². The van der Waals surface area contributed by atoms with E-state index in [0.29, 0.717) is 10.7 Å². The van der Waals surface area contributed by atoms with Gasteiger partial charge in [-0.15, -0.1) is 11.3 Å². The summed E-state index contributed by atoms with van der Waals surface area (Å²) in [6.45, 7) is 0. The SMILES string of the molecule is O=C(Cc1csc(-c2ccsc2)n1)Nc1ccc(Br)cc1Cl. The van der Waals surface area contributed by atoms with Crippen LogP contribution in [0, 0.1) is 0 Å². The zero-order chi connectivity index (χ0) is 15.5. The fourth-order valence-corrected chi connectivity index (χ4v) is 4.11. The number of aromatic nitrogens is 1. The largest absolute Gasteiger partial charge is 0.324 e. The zero-order valence-corrected chi connectivity index (χ0v) is 15.2. The summed E-state index contributed by atoms with van der Waals surface area (Å²) in [5.74, 6) is -0.133. The third kappa shape index (κ3) is 3.76. The van der Waals surface area contributed by atoms with Crippen LogP contribution in [0.5, 0.6) is 0 Å². The Hall–Kier alpha value is -1.21. The number of hydrogen-bond acceptors (Lipinski definition) is 4. The average molecular weight is 414 g/mol. The van der Waals surface area contributed by atoms with Crippen LogP contribution in [0.2, 0.25) is 5.02 Å². The van der Waals surface area contributed by atoms with Crippen molar-refractivity contribution in [1.29, 1.82) is 0 Å². The maximum atomic E-state index is 12.1. The summed E-state index contributed by atoms with van der Waals surface area (Å²) in [4.78, 5) is 16.6. The van der Waals surface area contributed by atoms with Crippen LogP contribution < -0.4 is 5.32 Å². The minimum Gasteiger partial charge on any atom is -0.324 e. The van der Waals surface area contributed by atoms with Gasteiger partial charge < -0.3 is 5.32 Å². The van der Waals surface area contributed by atoms with Crippen molar-refractivity contribution < 1.29 is 4.79 Å². The third-order valence-corrected chi connectivity index (χ3v) is 5.30. The fraction of sp³-hybridized carbons (Fsp3) is 0.0667. The molecule has 0 unspecified atom stereocenters. The zero-order valence-electron chi connectivity index (χ0n) is 11.2. The number of thiophene rings is 1. The number of hydrogen-bond donors (Lipinski definition) is 1. The Morgan fingerprint density at radius 3 is 2.91 bits per heavy atom. The van der Waals surface area contributed by atoms with Crippen LogP contribution in [-0.4, -0.2) is 10.9 Å². The second-order valence-electron chi connectivity index (χ2n) is 4.51. The summed E-state index contributed by atoms with van der Waals surface area (Å²) < 4.78 is 0.871. The van der Waals surface area contributed by atoms with E-state index in [1.54, 1.807) is 34.8 Å². The summed E-state index contributed by atoms with van der Waals surface area (Å²) in [5, 5.41) is 10.2. The molecule has 0 saturated carbocycles. The molecule has 0 aliphatic carbocycles. The molecule has 0 bridgehead atoms. The number of carbonyl (C=O) groups excluding carboxylic acids is 1. The molecule has 0 aliphatic heterocycles. The number of nitrogens with one attached hydrogen (secondary N) is 1. The molecule has 3 aromatic rings. The number of halogens is 2. The summed E-state index contributed by atoms with van der Waals surface area (Å²) in [6.07, 6.45) is 0.229. The van der Waals surface area contributed by atoms with Gasteiger partial charge in [-0.3, -0.25) is 4.79 Å². The van der Waals surface area contributed by atoms with E-state index >= 15 is 0 Å². The maximum Gasteiger partial charge on any atom is 0.230 e. The van der Waals surface area contributed by atoms with Crippen molar-refractivity contribution in [3.63, 3.8) is 0 Å². The molecular formula is C15H10BrClN2OS2. The van der Waals surface area contributed by atoms with Gasteiger partial charge in [0.1, 0.15) is 5.01 Å². The lowest BCUT2D eigenvalue weighted by molar-refractivity contribution is -0.115. The number of benzene rings is 1. The van der Waals surface area contributed by atoms with E-state index in [1.165, 1.54) is 0 Å². The van der Waals surface area contributed by atoms with Crippen LogP contribution in [0.4, 0.5) is 5.69 Å². The van der Waals surface area contributed by atoms with Gasteiger partial charge in [-0.25, -0.2) is 4.98 Å². The Bertz CT molecular complexity index is 802. The first-order valence-electron chi connectivity index (χ1n) is 6.34. The van der Waals surface area contributed by atoms with Crippen LogP contribution in [0.15, 0.2) is 44.9 Å². The van der Waals surface area contributed by atoms with Gasteiger partial charge in [0.05, 0.1) is 22.8 Å². The molecule has 0 atom stereocenters. The quantitative estimate of drug-likeness (QED) is 0.616. The monoisotopic (exact) mass is 412 g/mol. The molecule has 22 heavy (non-hydrogen) atoms. The predicted octanol–water partition coefficient (Wildman–Crippen LogP) is 5.47. The first-order valence-corrected chi connectivity index (χ1v) is 9.33. The van der Waals surface area contributed by atoms with Crippen molar-refractivity contribution in [3.05, 3.63) is 55.6 Å². The highest BCUT2D eigenvalue weighted by molar-refractivity contribution is 9.10. The predicted molar refractivity (Wildman–Crippen MR) is 96.9 cm³/mol. The van der Waals surface area contributed by atoms with Gasteiger partial charge in [-0.2, -0.15) is 11.3 Å². The molecule has 0 saturated heterocycles. The molecule has 0 fully saturated rings. The molecule has 0 spiro atoms. The first kappa shape index (κ1) is 15.7. The Morgan fingerprint density at radius 2 is 2.18 bits per heavy atom. The van der Waals surface area contributed by atoms with Gasteiger partial charge in [0.2, 0.25) is 5.91 Å². The Morgan fingerprint density at radius 1 is 1.32 bits per heavy atom. The number of anilines is 1. The van der Waals surface area contributed by atoms with Crippen LogP contribution in [0.25, 0.3) is 10.6 Å². The molecular weight excluding hydrogens is 404 g/mol. The van der Waals surface area contributed by atoms with Crippen molar-refractivity contribution >= 4 is 61.8 Å². The third-order valence-electron chi connectivity index (χ3n) is 2.87. The van der Waals surface area contributed by atoms with Gasteiger partial charge in [0.15, 0.2) is 0 Å². The minimum atomic E-state index is -0.133. The Balaban J connectivity index is 1.67. The molecule has 7 heteroatoms. The van der Waals surface area contributed by atoms with Crippen molar-refractivity contribution in [2.75, 3.05) is 5.32 Å². The number of amides is 1. The van der Waals surface area contributed by atoms with Gasteiger partial charge in [0, 0.05) is 20.8 Å². The van der Waals surface area contributed by atoms with Crippen molar-refractivity contribution in [3.8, 4) is 10.6 Å². The summed E-state index contributed by atoms with van der Waals surface area (Å²) >= 11 is 12.6. The van der Waals surface area contributed by atoms with Crippen LogP contribution in [-0.2, 0) is 11.2 Å². The molecule has 0 aliphatic rings. The summed E-state index contributed by atoms with van der Waals surface area (Å²) in [6, 6.07) is 7.37. The molecule has 112 valence electrons. The van der Waals surface area contributed by atoms with Gasteiger partial charge in [-0.05, 0) is 29.6 Å². The molecule has 2 aromatic heterocycles. The Labute approximate surface area is 149 Å². The highest BCUT2D eigenvalue weighted by Crippen LogP contribution is 2.27. The molecule has 1 amide bonds. The second kappa shape index (κ2) is 6.91. The van der Waals surface area contributed by atoms with E-state index in [9.17, 15) is 4.79 Å². The number of thiazole rings is 1. The topological polar surface area (TPSA) is 42.0 Å². The van der Waals surface area contributed by atoms with Crippen molar-refractivity contribution in [2.24, 2.45) is 0 Å². The van der Waals surface area contributed by atoms with E-state index in [0.717, 1.165) is 20.7 Å². The van der Waals surface area contributed by atoms with Crippen molar-refractivity contribution in [1.82, 2.24) is 4.98 Å². The van der Waals surface area contributed by atoms with Crippen LogP contribution in [0.3, 0.4) is 0 Å². The first-order chi connectivity index (χ1) is 10.6. The van der Waals surface area contributed by atoms with Crippen LogP contribution >= 0.6 is 50.2 Å². The molecule has 1 aromatic carbocycles. The standard InChI is InChI=1S/C15H10BrClN2OS2/c16-10-1-2-13(12(17)5-10)19-14(20)6-11-8-22-15(18-11)9-3-4-21-7-9/h1-5,7-8H,6H2,(H,19,20). The molecule has 0 radical (unpaired) electrons. The maximum absolute atomic E-state index is 12.1. The van der Waals surface area contributed by atoms with E-state index in [1.807, 2.05) is 28.3 Å². The fourth-order valence-electron chi connectivity index (χ4n) is 1.86. The lowest BCUT2D eigenvalue weighted by atomic mass is 10.3. The molecule has 2 heterocycles. The van der Waals surface area contributed by atoms with E-state index < -0.39 is 0 Å². The summed E-state index contributed by atoms with van der Waals surface area (Å²) in [5.41, 5.74) is 2.46. The average Bonchev–Trinajstić information content (AvgIpc) is 3.12. The number of carbonyl (C=O) groups is 1. The van der Waals surface area contributed by atoms with Gasteiger partial charge >= 0.3 is 0 Å². The van der Waals surface area contributed by atoms with E-state index in [2.05, 4.69) is 26.2 Å².